The molecule has 3 aromatic rings. The zero-order valence-electron chi connectivity index (χ0n) is 21.4. The molecule has 5 rings (SSSR count). The number of benzene rings is 1. The summed E-state index contributed by atoms with van der Waals surface area (Å²) in [5.74, 6) is 6.27. The number of anilines is 1. The number of hydrogen-bond donors (Lipinski definition) is 4. The van der Waals surface area contributed by atoms with Gasteiger partial charge in [-0.1, -0.05) is 30.3 Å². The molecule has 1 saturated heterocycles. The lowest BCUT2D eigenvalue weighted by molar-refractivity contribution is -0.150. The predicted octanol–water partition coefficient (Wildman–Crippen LogP) is 3.00. The number of halogens is 1. The second-order valence-corrected chi connectivity index (χ2v) is 10.3. The topological polar surface area (TPSA) is 155 Å². The molecule has 1 aliphatic carbocycles. The minimum atomic E-state index is -0.418. The van der Waals surface area contributed by atoms with Crippen LogP contribution in [0.4, 0.5) is 5.69 Å². The van der Waals surface area contributed by atoms with Crippen molar-refractivity contribution in [1.29, 1.82) is 0 Å². The minimum absolute atomic E-state index is 0.0322. The van der Waals surface area contributed by atoms with E-state index in [2.05, 4.69) is 27.1 Å². The summed E-state index contributed by atoms with van der Waals surface area (Å²) in [6.45, 7) is 5.02. The van der Waals surface area contributed by atoms with E-state index in [0.29, 0.717) is 39.1 Å². The quantitative estimate of drug-likeness (QED) is 0.190. The Bertz CT molecular complexity index is 1450. The number of amides is 2. The van der Waals surface area contributed by atoms with Crippen LogP contribution in [0.25, 0.3) is 17.1 Å². The lowest BCUT2D eigenvalue weighted by Crippen LogP contribution is -2.67. The molecule has 0 atom stereocenters. The molecular weight excluding hydrogens is 520 g/mol. The van der Waals surface area contributed by atoms with E-state index in [1.807, 2.05) is 0 Å². The highest BCUT2D eigenvalue weighted by Gasteiger charge is 2.54. The number of hydrazine groups is 1. The van der Waals surface area contributed by atoms with Crippen LogP contribution in [-0.4, -0.2) is 63.1 Å². The fraction of sp³-hybridized carbons (Fsp3) is 0.259. The van der Waals surface area contributed by atoms with Crippen molar-refractivity contribution in [2.45, 2.75) is 18.9 Å². The van der Waals surface area contributed by atoms with Crippen LogP contribution in [0.1, 0.15) is 28.9 Å². The number of nitrogens with one attached hydrogen (secondary N) is 2. The number of carbonyl (C=O) groups excluding carboxylic acids is 2. The number of nitrogens with zero attached hydrogens (tertiary/aromatic N) is 4. The molecule has 2 aromatic heterocycles. The molecule has 12 heteroatoms. The number of ether oxygens (including phenoxy) is 1. The van der Waals surface area contributed by atoms with Gasteiger partial charge in [0.1, 0.15) is 17.1 Å². The smallest absolute Gasteiger partial charge is 0.274 e. The van der Waals surface area contributed by atoms with Gasteiger partial charge < -0.3 is 25.7 Å². The van der Waals surface area contributed by atoms with E-state index < -0.39 is 5.91 Å². The van der Waals surface area contributed by atoms with Gasteiger partial charge in [0.25, 0.3) is 5.91 Å². The average Bonchev–Trinajstić information content (AvgIpc) is 3.32. The van der Waals surface area contributed by atoms with E-state index in [9.17, 15) is 9.59 Å². The molecule has 11 nitrogen and oxygen atoms in total. The van der Waals surface area contributed by atoms with Crippen LogP contribution in [0.2, 0.25) is 5.02 Å². The Balaban J connectivity index is 1.23. The first kappa shape index (κ1) is 26.3. The van der Waals surface area contributed by atoms with Gasteiger partial charge in [-0.15, -0.1) is 0 Å². The zero-order chi connectivity index (χ0) is 27.7. The molecule has 2 amide bonds. The monoisotopic (exact) mass is 548 g/mol. The molecule has 2 fully saturated rings. The highest BCUT2D eigenvalue weighted by Crippen LogP contribution is 2.50. The van der Waals surface area contributed by atoms with Gasteiger partial charge in [0, 0.05) is 36.3 Å². The van der Waals surface area contributed by atoms with E-state index >= 15 is 0 Å². The summed E-state index contributed by atoms with van der Waals surface area (Å²) in [7, 11) is 1.51. The van der Waals surface area contributed by atoms with Crippen molar-refractivity contribution in [2.75, 3.05) is 25.5 Å². The molecule has 1 aliphatic heterocycles. The Kier molecular flexibility index (Phi) is 7.02. The first-order chi connectivity index (χ1) is 18.7. The molecule has 0 bridgehead atoms. The number of pyridine rings is 1. The van der Waals surface area contributed by atoms with Crippen molar-refractivity contribution in [1.82, 2.24) is 25.1 Å². The highest BCUT2D eigenvalue weighted by atomic mass is 35.5. The maximum absolute atomic E-state index is 13.0. The van der Waals surface area contributed by atoms with Gasteiger partial charge in [0.15, 0.2) is 0 Å². The number of rotatable bonds is 8. The van der Waals surface area contributed by atoms with Crippen LogP contribution in [0.3, 0.4) is 0 Å². The third-order valence-electron chi connectivity index (χ3n) is 7.20. The standard InChI is InChI=1S/C27H29ClN8O3/c1-3-24(37)35-14-27(15-35)10-17(11-27)36(30)13-19(29)16-7-8-20(23(9-16)39-2)33-26(38)22-6-4-5-21(32-22)25-18(28)12-31-34-25/h3-9,12-13,17H,1,10-11,14-15,29-30H2,2H3,(H,31,34)(H,33,38)/b19-13-. The Morgan fingerprint density at radius 1 is 1.31 bits per heavy atom. The molecule has 39 heavy (non-hydrogen) atoms. The Morgan fingerprint density at radius 3 is 2.74 bits per heavy atom. The molecule has 6 N–H and O–H groups in total. The second kappa shape index (κ2) is 10.4. The summed E-state index contributed by atoms with van der Waals surface area (Å²) in [5.41, 5.74) is 9.32. The van der Waals surface area contributed by atoms with E-state index in [-0.39, 0.29) is 23.1 Å². The number of methoxy groups -OCH3 is 1. The fourth-order valence-electron chi connectivity index (χ4n) is 5.11. The molecule has 0 radical (unpaired) electrons. The number of aromatic amines is 1. The van der Waals surface area contributed by atoms with Crippen molar-refractivity contribution in [2.24, 2.45) is 17.0 Å². The zero-order valence-corrected chi connectivity index (χ0v) is 22.1. The first-order valence-electron chi connectivity index (χ1n) is 12.3. The molecule has 0 unspecified atom stereocenters. The SMILES string of the molecule is C=CC(=O)N1CC2(CC(N(N)/C=C(\N)c3ccc(NC(=O)c4cccc(-c5[nH]ncc5Cl)n4)c(OC)c3)C2)C1. The maximum Gasteiger partial charge on any atom is 0.274 e. The van der Waals surface area contributed by atoms with Gasteiger partial charge in [0.2, 0.25) is 5.91 Å². The molecule has 1 aromatic carbocycles. The first-order valence-corrected chi connectivity index (χ1v) is 12.7. The normalized spacial score (nSPS) is 16.3. The van der Waals surface area contributed by atoms with Crippen LogP contribution in [0, 0.1) is 5.41 Å². The van der Waals surface area contributed by atoms with Crippen molar-refractivity contribution in [3.63, 3.8) is 0 Å². The van der Waals surface area contributed by atoms with Crippen LogP contribution in [-0.2, 0) is 4.79 Å². The van der Waals surface area contributed by atoms with Crippen LogP contribution < -0.4 is 21.6 Å². The summed E-state index contributed by atoms with van der Waals surface area (Å²) in [6, 6.07) is 10.4. The maximum atomic E-state index is 13.0. The number of carbonyl (C=O) groups is 2. The van der Waals surface area contributed by atoms with Gasteiger partial charge in [-0.25, -0.2) is 10.8 Å². The van der Waals surface area contributed by atoms with Crippen LogP contribution in [0.15, 0.2) is 61.4 Å². The molecule has 1 saturated carbocycles. The van der Waals surface area contributed by atoms with Crippen LogP contribution in [0.5, 0.6) is 5.75 Å². The lowest BCUT2D eigenvalue weighted by Gasteiger charge is -2.60. The van der Waals surface area contributed by atoms with Crippen molar-refractivity contribution < 1.29 is 14.3 Å². The van der Waals surface area contributed by atoms with E-state index in [1.165, 1.54) is 19.4 Å². The Morgan fingerprint density at radius 2 is 2.08 bits per heavy atom. The molecule has 202 valence electrons. The van der Waals surface area contributed by atoms with E-state index in [0.717, 1.165) is 25.9 Å². The molecule has 1 spiro atoms. The highest BCUT2D eigenvalue weighted by molar-refractivity contribution is 6.32. The number of likely N-dealkylation sites (tertiary alicyclic amines) is 1. The van der Waals surface area contributed by atoms with Crippen LogP contribution >= 0.6 is 11.6 Å². The molecular formula is C27H29ClN8O3. The van der Waals surface area contributed by atoms with Gasteiger partial charge >= 0.3 is 0 Å². The van der Waals surface area contributed by atoms with E-state index in [1.54, 1.807) is 52.5 Å². The fourth-order valence-corrected chi connectivity index (χ4v) is 5.30. The van der Waals surface area contributed by atoms with Gasteiger partial charge in [-0.05, 0) is 43.2 Å². The summed E-state index contributed by atoms with van der Waals surface area (Å²) in [5, 5.41) is 11.5. The Hall–Kier alpha value is -4.35. The van der Waals surface area contributed by atoms with E-state index in [4.69, 9.17) is 27.9 Å². The third kappa shape index (κ3) is 5.18. The second-order valence-electron chi connectivity index (χ2n) is 9.86. The largest absolute Gasteiger partial charge is 0.495 e. The lowest BCUT2D eigenvalue weighted by atomic mass is 9.60. The van der Waals surface area contributed by atoms with Gasteiger partial charge in [-0.2, -0.15) is 5.10 Å². The number of nitrogens with two attached hydrogens (primary N) is 2. The summed E-state index contributed by atoms with van der Waals surface area (Å²) < 4.78 is 5.51. The van der Waals surface area contributed by atoms with Crippen molar-refractivity contribution >= 4 is 34.8 Å². The van der Waals surface area contributed by atoms with Gasteiger partial charge in [-0.3, -0.25) is 14.7 Å². The molecule has 2 aliphatic rings. The summed E-state index contributed by atoms with van der Waals surface area (Å²) in [6.07, 6.45) is 6.31. The number of aromatic nitrogens is 3. The number of H-pyrrole nitrogens is 1. The average molecular weight is 549 g/mol. The third-order valence-corrected chi connectivity index (χ3v) is 7.49. The predicted molar refractivity (Wildman–Crippen MR) is 148 cm³/mol. The van der Waals surface area contributed by atoms with Crippen molar-refractivity contribution in [3.05, 3.63) is 77.7 Å². The minimum Gasteiger partial charge on any atom is -0.495 e. The summed E-state index contributed by atoms with van der Waals surface area (Å²) >= 11 is 6.13. The van der Waals surface area contributed by atoms with Crippen molar-refractivity contribution in [3.8, 4) is 17.1 Å². The van der Waals surface area contributed by atoms with Gasteiger partial charge in [0.05, 0.1) is 35.4 Å². The summed E-state index contributed by atoms with van der Waals surface area (Å²) in [4.78, 5) is 30.9. The Labute approximate surface area is 230 Å². The molecule has 3 heterocycles. The number of hydrogen-bond acceptors (Lipinski definition) is 8.